The highest BCUT2D eigenvalue weighted by Gasteiger charge is 2.31. The Kier molecular flexibility index (Phi) is 1.01. The Morgan fingerprint density at radius 2 is 2.53 bits per heavy atom. The molecule has 6 heteroatoms. The summed E-state index contributed by atoms with van der Waals surface area (Å²) >= 11 is 0. The van der Waals surface area contributed by atoms with Gasteiger partial charge in [0.05, 0.1) is 26.0 Å². The van der Waals surface area contributed by atoms with Gasteiger partial charge < -0.3 is 19.2 Å². The number of amides is 1. The van der Waals surface area contributed by atoms with Gasteiger partial charge in [0, 0.05) is 51.5 Å². The highest BCUT2D eigenvalue weighted by atomic mass is 16.6. The lowest BCUT2D eigenvalue weighted by Crippen LogP contribution is -2.47. The number of methoxy groups -OCH3 is 1. The van der Waals surface area contributed by atoms with Gasteiger partial charge in [-0.25, -0.2) is 4.79 Å². The topological polar surface area (TPSA) is 60.4 Å². The molecule has 0 saturated carbocycles. The highest BCUT2D eigenvalue weighted by Crippen LogP contribution is 2.18. The number of nitrogens with zero attached hydrogens (tertiary/aromatic N) is 2. The maximum atomic E-state index is 13.4. The molecule has 1 heterocycles. The van der Waals surface area contributed by atoms with Gasteiger partial charge in [-0.05, 0) is 20.6 Å². The fourth-order valence-corrected chi connectivity index (χ4v) is 0.868. The summed E-state index contributed by atoms with van der Waals surface area (Å²) in [6, 6.07) is 0. The van der Waals surface area contributed by atoms with Crippen LogP contribution in [0.2, 0.25) is 0 Å². The van der Waals surface area contributed by atoms with Crippen LogP contribution in [0, 0.1) is 5.89 Å². The van der Waals surface area contributed by atoms with Gasteiger partial charge in [0.1, 0.15) is 12.6 Å². The first-order valence-corrected chi connectivity index (χ1v) is 4.30. The Labute approximate surface area is 148 Å². The van der Waals surface area contributed by atoms with Crippen LogP contribution in [-0.4, -0.2) is 55.9 Å². The molecule has 1 unspecified atom stereocenters. The molecule has 19 heavy (non-hydrogen) atoms. The van der Waals surface area contributed by atoms with E-state index in [-0.39, 0.29) is 0 Å². The molecule has 1 saturated heterocycles. The maximum Gasteiger partial charge on any atom is 0.410 e. The number of oxime groups is 1. The van der Waals surface area contributed by atoms with Crippen LogP contribution in [0.4, 0.5) is 4.79 Å². The first-order chi connectivity index (χ1) is 18.3. The molecule has 1 fully saturated rings. The molecule has 0 bridgehead atoms. The number of hydrogen-bond donors (Lipinski definition) is 0. The van der Waals surface area contributed by atoms with Crippen LogP contribution in [0.1, 0.15) is 59.8 Å². The summed E-state index contributed by atoms with van der Waals surface area (Å²) in [5.74, 6) is -4.53. The van der Waals surface area contributed by atoms with Crippen LogP contribution in [-0.2, 0) is 14.3 Å². The lowest BCUT2D eigenvalue weighted by atomic mass is 9.97. The van der Waals surface area contributed by atoms with Gasteiger partial charge in [-0.2, -0.15) is 0 Å². The number of ether oxygens (including phenoxy) is 2. The number of carbonyl (C=O) groups is 1. The van der Waals surface area contributed by atoms with E-state index in [1.165, 1.54) is 0 Å². The van der Waals surface area contributed by atoms with E-state index in [2.05, 4.69) is 19.5 Å². The Hall–Kier alpha value is -1.30. The van der Waals surface area contributed by atoms with E-state index in [4.69, 9.17) is 32.9 Å². The van der Waals surface area contributed by atoms with Crippen LogP contribution < -0.4 is 0 Å². The predicted octanol–water partition coefficient (Wildman–Crippen LogP) is 1.89. The highest BCUT2D eigenvalue weighted by molar-refractivity contribution is 5.88. The standard InChI is InChI=1S/C13H24N2O4/c1-13(2,3)19-12(16)15-7-6-11(14-18-5)10(8-15)9-17-4/h10H,6-9H2,1-5H3/b14-11-/i1D3,2D3,3D3,4D3,5D3,6D2,7D2,8D2,9D2,10D. The first-order valence-electron chi connectivity index (χ1n) is 16.3. The smallest absolute Gasteiger partial charge is 0.410 e. The number of carbonyl (C=O) groups excluding carboxylic acids is 1. The molecule has 1 rings (SSSR count). The van der Waals surface area contributed by atoms with Gasteiger partial charge in [-0.3, -0.25) is 0 Å². The van der Waals surface area contributed by atoms with Gasteiger partial charge >= 0.3 is 6.09 Å². The van der Waals surface area contributed by atoms with E-state index in [1.807, 2.05) is 0 Å². The van der Waals surface area contributed by atoms with E-state index in [9.17, 15) is 4.79 Å². The van der Waals surface area contributed by atoms with Crippen molar-refractivity contribution in [2.75, 3.05) is 33.6 Å². The zero-order valence-electron chi connectivity index (χ0n) is 33.0. The fourth-order valence-electron chi connectivity index (χ4n) is 0.868. The summed E-state index contributed by atoms with van der Waals surface area (Å²) in [6.07, 6.45) is -7.25. The molecule has 1 amide bonds. The minimum absolute atomic E-state index is 1.21. The normalized spacial score (nSPS) is 57.1. The number of likely N-dealkylation sites (tertiary alicyclic amines) is 1. The second kappa shape index (κ2) is 6.75. The second-order valence-corrected chi connectivity index (χ2v) is 2.84. The van der Waals surface area contributed by atoms with E-state index in [1.54, 1.807) is 0 Å². The maximum absolute atomic E-state index is 13.4. The Morgan fingerprint density at radius 3 is 3.21 bits per heavy atom. The van der Waals surface area contributed by atoms with Crippen LogP contribution in [0.5, 0.6) is 0 Å². The fraction of sp³-hybridized carbons (Fsp3) is 0.846. The van der Waals surface area contributed by atoms with Gasteiger partial charge in [0.15, 0.2) is 0 Å². The molecule has 0 aliphatic carbocycles. The van der Waals surface area contributed by atoms with Gasteiger partial charge in [0.2, 0.25) is 0 Å². The summed E-state index contributed by atoms with van der Waals surface area (Å²) in [4.78, 5) is 16.2. The summed E-state index contributed by atoms with van der Waals surface area (Å²) in [7, 11) is -7.56. The van der Waals surface area contributed by atoms with Crippen LogP contribution in [0.15, 0.2) is 5.16 Å². The first kappa shape index (κ1) is 2.84. The van der Waals surface area contributed by atoms with E-state index in [0.717, 1.165) is 0 Å². The molecule has 0 aromatic carbocycles. The third-order valence-electron chi connectivity index (χ3n) is 1.46. The van der Waals surface area contributed by atoms with Crippen molar-refractivity contribution < 1.29 is 52.0 Å². The third kappa shape index (κ3) is 5.06. The van der Waals surface area contributed by atoms with Crippen molar-refractivity contribution >= 4 is 11.8 Å². The van der Waals surface area contributed by atoms with Gasteiger partial charge in [-0.1, -0.05) is 5.16 Å². The lowest BCUT2D eigenvalue weighted by Gasteiger charge is -2.34. The van der Waals surface area contributed by atoms with Gasteiger partial charge in [0.25, 0.3) is 0 Å². The average molecular weight is 296 g/mol. The van der Waals surface area contributed by atoms with Crippen LogP contribution in [0.3, 0.4) is 0 Å². The lowest BCUT2D eigenvalue weighted by molar-refractivity contribution is 0.0194. The van der Waals surface area contributed by atoms with Crippen molar-refractivity contribution in [3.63, 3.8) is 0 Å². The predicted molar refractivity (Wildman–Crippen MR) is 72.2 cm³/mol. The number of hydrogen-bond acceptors (Lipinski definition) is 5. The monoisotopic (exact) mass is 296 g/mol. The molecule has 1 aliphatic heterocycles. The number of rotatable bonds is 3. The van der Waals surface area contributed by atoms with Crippen LogP contribution in [0.25, 0.3) is 0 Å². The van der Waals surface area contributed by atoms with Crippen molar-refractivity contribution in [3.05, 3.63) is 0 Å². The summed E-state index contributed by atoms with van der Waals surface area (Å²) in [5, 5.41) is 2.69. The molecule has 6 nitrogen and oxygen atoms in total. The summed E-state index contributed by atoms with van der Waals surface area (Å²) in [6.45, 7) is -26.5. The zero-order valence-corrected chi connectivity index (χ0v) is 9.03. The van der Waals surface area contributed by atoms with Gasteiger partial charge in [-0.15, -0.1) is 0 Å². The van der Waals surface area contributed by atoms with Crippen molar-refractivity contribution in [3.8, 4) is 0 Å². The Balaban J connectivity index is 4.30. The van der Waals surface area contributed by atoms with Crippen molar-refractivity contribution in [2.24, 2.45) is 11.0 Å². The molecule has 0 radical (unpaired) electrons. The summed E-state index contributed by atoms with van der Waals surface area (Å²) in [5.41, 5.74) is -6.78. The quantitative estimate of drug-likeness (QED) is 0.746. The molecule has 0 aromatic rings. The Morgan fingerprint density at radius 1 is 1.68 bits per heavy atom. The molecular weight excluding hydrogens is 248 g/mol. The van der Waals surface area contributed by atoms with E-state index in [0.29, 0.717) is 0 Å². The van der Waals surface area contributed by atoms with Crippen molar-refractivity contribution in [2.45, 2.75) is 32.5 Å². The molecule has 1 aliphatic rings. The molecule has 110 valence electrons. The second-order valence-electron chi connectivity index (χ2n) is 2.84. The van der Waals surface area contributed by atoms with Crippen molar-refractivity contribution in [1.29, 1.82) is 0 Å². The molecule has 0 N–H and O–H groups in total. The minimum Gasteiger partial charge on any atom is -0.444 e. The molecule has 0 spiro atoms. The van der Waals surface area contributed by atoms with E-state index < -0.39 is 88.8 Å². The number of piperidine rings is 1. The average Bonchev–Trinajstić information content (AvgIpc) is 2.64. The third-order valence-corrected chi connectivity index (χ3v) is 1.46. The molecule has 0 aromatic heterocycles. The minimum atomic E-state index is -4.63. The molecular formula is C13H24N2O4. The van der Waals surface area contributed by atoms with Crippen molar-refractivity contribution in [1.82, 2.24) is 4.90 Å². The van der Waals surface area contributed by atoms with E-state index >= 15 is 0 Å². The Bertz CT molecular complexity index is 1060. The SMILES string of the molecule is [2H]C([2H])([2H])O/N=C1/C([2H])([2H])C([2H])([2H])N(C(=O)OC(C([2H])([2H])[2H])(C([2H])([2H])[2H])C([2H])([2H])[2H])C([2H])([2H])C1([2H])C([2H])([2H])OC([2H])([2H])[2H]. The largest absolute Gasteiger partial charge is 0.444 e. The molecule has 1 atom stereocenters. The summed E-state index contributed by atoms with van der Waals surface area (Å²) < 4.78 is 193. The zero-order chi connectivity index (χ0) is 35.1. The van der Waals surface area contributed by atoms with Crippen LogP contribution >= 0.6 is 0 Å².